The lowest BCUT2D eigenvalue weighted by molar-refractivity contribution is -0.144. The number of nitrogens with one attached hydrogen (secondary N) is 1. The summed E-state index contributed by atoms with van der Waals surface area (Å²) >= 11 is 0. The molecule has 5 nitrogen and oxygen atoms in total. The third kappa shape index (κ3) is 3.76. The van der Waals surface area contributed by atoms with Crippen molar-refractivity contribution in [3.63, 3.8) is 0 Å². The zero-order valence-corrected chi connectivity index (χ0v) is 14.3. The van der Waals surface area contributed by atoms with E-state index >= 15 is 0 Å². The van der Waals surface area contributed by atoms with Gasteiger partial charge in [0.05, 0.1) is 13.0 Å². The smallest absolute Gasteiger partial charge is 0.306 e. The molecule has 0 aliphatic heterocycles. The van der Waals surface area contributed by atoms with Gasteiger partial charge in [0.1, 0.15) is 5.75 Å². The molecule has 0 heterocycles. The number of hydrogen-bond donors (Lipinski definition) is 2. The first-order valence-corrected chi connectivity index (χ1v) is 8.65. The Morgan fingerprint density at radius 2 is 1.92 bits per heavy atom. The number of carboxylic acid groups (broad SMARTS) is 1. The Kier molecular flexibility index (Phi) is 5.22. The summed E-state index contributed by atoms with van der Waals surface area (Å²) in [6.45, 7) is 0.373. The summed E-state index contributed by atoms with van der Waals surface area (Å²) in [6, 6.07) is 11.9. The molecule has 25 heavy (non-hydrogen) atoms. The lowest BCUT2D eigenvalue weighted by Gasteiger charge is -2.26. The first-order valence-electron chi connectivity index (χ1n) is 8.65. The van der Waals surface area contributed by atoms with Gasteiger partial charge in [0.25, 0.3) is 0 Å². The van der Waals surface area contributed by atoms with Gasteiger partial charge in [-0.05, 0) is 36.1 Å². The molecule has 0 saturated heterocycles. The summed E-state index contributed by atoms with van der Waals surface area (Å²) in [5.74, 6) is -0.757. The maximum absolute atomic E-state index is 12.5. The fraction of sp³-hybridized carbons (Fsp3) is 0.400. The van der Waals surface area contributed by atoms with Crippen LogP contribution >= 0.6 is 0 Å². The molecule has 2 aromatic carbocycles. The van der Waals surface area contributed by atoms with Crippen molar-refractivity contribution in [1.29, 1.82) is 0 Å². The maximum Gasteiger partial charge on any atom is 0.306 e. The number of benzene rings is 2. The van der Waals surface area contributed by atoms with Crippen molar-refractivity contribution in [3.05, 3.63) is 42.0 Å². The first-order chi connectivity index (χ1) is 12.1. The highest BCUT2D eigenvalue weighted by atomic mass is 16.5. The number of carbonyl (C=O) groups excluding carboxylic acids is 1. The zero-order chi connectivity index (χ0) is 17.8. The van der Waals surface area contributed by atoms with Crippen molar-refractivity contribution in [2.75, 3.05) is 7.11 Å². The summed E-state index contributed by atoms with van der Waals surface area (Å²) in [5.41, 5.74) is 0.944. The van der Waals surface area contributed by atoms with E-state index < -0.39 is 11.9 Å². The number of ether oxygens (including phenoxy) is 1. The number of fused-ring (bicyclic) bond motifs is 1. The molecule has 5 heteroatoms. The lowest BCUT2D eigenvalue weighted by atomic mass is 9.81. The van der Waals surface area contributed by atoms with E-state index in [4.69, 9.17) is 4.74 Å². The monoisotopic (exact) mass is 341 g/mol. The highest BCUT2D eigenvalue weighted by Gasteiger charge is 2.31. The van der Waals surface area contributed by atoms with E-state index in [0.717, 1.165) is 34.9 Å². The van der Waals surface area contributed by atoms with E-state index in [1.54, 1.807) is 7.11 Å². The second kappa shape index (κ2) is 7.55. The molecule has 1 aliphatic rings. The van der Waals surface area contributed by atoms with Crippen LogP contribution in [0.15, 0.2) is 36.4 Å². The zero-order valence-electron chi connectivity index (χ0n) is 14.3. The van der Waals surface area contributed by atoms with Crippen molar-refractivity contribution in [2.45, 2.75) is 32.2 Å². The summed E-state index contributed by atoms with van der Waals surface area (Å²) < 4.78 is 5.45. The van der Waals surface area contributed by atoms with Crippen LogP contribution in [0.4, 0.5) is 0 Å². The number of carbonyl (C=O) groups is 2. The van der Waals surface area contributed by atoms with Crippen LogP contribution in [0, 0.1) is 11.8 Å². The van der Waals surface area contributed by atoms with Gasteiger partial charge in [-0.15, -0.1) is 0 Å². The Labute approximate surface area is 147 Å². The molecular formula is C20H23NO4. The number of carboxylic acids is 1. The summed E-state index contributed by atoms with van der Waals surface area (Å²) in [5, 5.41) is 14.3. The molecule has 132 valence electrons. The van der Waals surface area contributed by atoms with Crippen molar-refractivity contribution >= 4 is 22.6 Å². The van der Waals surface area contributed by atoms with Gasteiger partial charge >= 0.3 is 5.97 Å². The van der Waals surface area contributed by atoms with Crippen molar-refractivity contribution in [3.8, 4) is 5.75 Å². The normalized spacial score (nSPS) is 20.2. The van der Waals surface area contributed by atoms with Gasteiger partial charge in [-0.3, -0.25) is 9.59 Å². The van der Waals surface area contributed by atoms with E-state index in [1.807, 2.05) is 36.4 Å². The molecule has 0 radical (unpaired) electrons. The maximum atomic E-state index is 12.5. The predicted octanol–water partition coefficient (Wildman–Crippen LogP) is 3.36. The standard InChI is InChI=1S/C20H23NO4/c1-25-18-10-9-13-5-2-3-8-16(13)17(18)12-21-19(22)14-6-4-7-15(11-14)20(23)24/h2-3,5,8-10,14-15H,4,6-7,11-12H2,1H3,(H,21,22)(H,23,24). The molecule has 1 aliphatic carbocycles. The minimum atomic E-state index is -0.798. The van der Waals surface area contributed by atoms with Gasteiger partial charge in [-0.1, -0.05) is 36.8 Å². The van der Waals surface area contributed by atoms with Crippen LogP contribution in [-0.2, 0) is 16.1 Å². The van der Waals surface area contributed by atoms with Crippen LogP contribution in [-0.4, -0.2) is 24.1 Å². The van der Waals surface area contributed by atoms with E-state index in [9.17, 15) is 14.7 Å². The molecule has 3 rings (SSSR count). The number of rotatable bonds is 5. The molecule has 2 unspecified atom stereocenters. The van der Waals surface area contributed by atoms with Gasteiger partial charge in [0.15, 0.2) is 0 Å². The molecule has 2 N–H and O–H groups in total. The van der Waals surface area contributed by atoms with E-state index in [0.29, 0.717) is 19.4 Å². The summed E-state index contributed by atoms with van der Waals surface area (Å²) in [6.07, 6.45) is 2.62. The molecule has 1 amide bonds. The molecule has 2 aromatic rings. The average Bonchev–Trinajstić information content (AvgIpc) is 2.65. The fourth-order valence-electron chi connectivity index (χ4n) is 3.66. The number of aliphatic carboxylic acids is 1. The molecular weight excluding hydrogens is 318 g/mol. The quantitative estimate of drug-likeness (QED) is 0.874. The largest absolute Gasteiger partial charge is 0.496 e. The van der Waals surface area contributed by atoms with Gasteiger partial charge in [-0.2, -0.15) is 0 Å². The molecule has 0 spiro atoms. The van der Waals surface area contributed by atoms with Crippen molar-refractivity contribution < 1.29 is 19.4 Å². The third-order valence-corrected chi connectivity index (χ3v) is 5.05. The minimum absolute atomic E-state index is 0.0686. The van der Waals surface area contributed by atoms with Gasteiger partial charge in [0, 0.05) is 18.0 Å². The van der Waals surface area contributed by atoms with Gasteiger partial charge in [-0.25, -0.2) is 0 Å². The number of methoxy groups -OCH3 is 1. The SMILES string of the molecule is COc1ccc2ccccc2c1CNC(=O)C1CCCC(C(=O)O)C1. The molecule has 1 saturated carbocycles. The fourth-order valence-corrected chi connectivity index (χ4v) is 3.66. The Morgan fingerprint density at radius 3 is 2.68 bits per heavy atom. The van der Waals surface area contributed by atoms with Crippen LogP contribution in [0.5, 0.6) is 5.75 Å². The van der Waals surface area contributed by atoms with Crippen LogP contribution in [0.2, 0.25) is 0 Å². The van der Waals surface area contributed by atoms with Gasteiger partial charge in [0.2, 0.25) is 5.91 Å². The highest BCUT2D eigenvalue weighted by Crippen LogP contribution is 2.31. The third-order valence-electron chi connectivity index (χ3n) is 5.05. The molecule has 0 bridgehead atoms. The van der Waals surface area contributed by atoms with E-state index in [2.05, 4.69) is 5.32 Å². The van der Waals surface area contributed by atoms with E-state index in [1.165, 1.54) is 0 Å². The lowest BCUT2D eigenvalue weighted by Crippen LogP contribution is -2.35. The minimum Gasteiger partial charge on any atom is -0.496 e. The summed E-state index contributed by atoms with van der Waals surface area (Å²) in [7, 11) is 1.62. The van der Waals surface area contributed by atoms with Gasteiger partial charge < -0.3 is 15.2 Å². The predicted molar refractivity (Wildman–Crippen MR) is 95.4 cm³/mol. The average molecular weight is 341 g/mol. The van der Waals surface area contributed by atoms with Crippen molar-refractivity contribution in [1.82, 2.24) is 5.32 Å². The second-order valence-electron chi connectivity index (χ2n) is 6.58. The van der Waals surface area contributed by atoms with E-state index in [-0.39, 0.29) is 11.8 Å². The number of amides is 1. The molecule has 2 atom stereocenters. The Morgan fingerprint density at radius 1 is 1.16 bits per heavy atom. The highest BCUT2D eigenvalue weighted by molar-refractivity contribution is 5.88. The number of hydrogen-bond acceptors (Lipinski definition) is 3. The Hall–Kier alpha value is -2.56. The Balaban J connectivity index is 1.74. The molecule has 0 aromatic heterocycles. The summed E-state index contributed by atoms with van der Waals surface area (Å²) in [4.78, 5) is 23.7. The topological polar surface area (TPSA) is 75.6 Å². The van der Waals surface area contributed by atoms with Crippen molar-refractivity contribution in [2.24, 2.45) is 11.8 Å². The van der Waals surface area contributed by atoms with Crippen LogP contribution in [0.25, 0.3) is 10.8 Å². The Bertz CT molecular complexity index is 786. The first kappa shape index (κ1) is 17.3. The van der Waals surface area contributed by atoms with Crippen LogP contribution in [0.3, 0.4) is 0 Å². The second-order valence-corrected chi connectivity index (χ2v) is 6.58. The van der Waals surface area contributed by atoms with Crippen LogP contribution < -0.4 is 10.1 Å². The van der Waals surface area contributed by atoms with Crippen LogP contribution in [0.1, 0.15) is 31.2 Å². The molecule has 1 fully saturated rings.